The first kappa shape index (κ1) is 13.7. The number of aromatic nitrogens is 1. The topological polar surface area (TPSA) is 112 Å². The molecule has 0 spiro atoms. The first-order valence-electron chi connectivity index (χ1n) is 4.95. The van der Waals surface area contributed by atoms with Crippen molar-refractivity contribution in [2.24, 2.45) is 0 Å². The molecule has 0 saturated heterocycles. The van der Waals surface area contributed by atoms with Gasteiger partial charge in [0.05, 0.1) is 19.3 Å². The Kier molecular flexibility index (Phi) is 4.67. The van der Waals surface area contributed by atoms with Gasteiger partial charge in [0.1, 0.15) is 10.7 Å². The number of aliphatic hydroxyl groups is 2. The minimum absolute atomic E-state index is 0.144. The Morgan fingerprint density at radius 2 is 2.12 bits per heavy atom. The summed E-state index contributed by atoms with van der Waals surface area (Å²) in [5, 5.41) is 20.8. The number of carbonyl (C=O) groups is 1. The fraction of sp³-hybridized carbons (Fsp3) is 0.556. The number of hydrogen-bond donors (Lipinski definition) is 4. The van der Waals surface area contributed by atoms with Gasteiger partial charge in [-0.25, -0.2) is 4.98 Å². The normalized spacial score (nSPS) is 10.6. The highest BCUT2D eigenvalue weighted by Gasteiger charge is 2.19. The van der Waals surface area contributed by atoms with Crippen molar-refractivity contribution in [2.45, 2.75) is 6.04 Å². The SMILES string of the molecule is CN(C)c1nc(N)c(C(=O)NC(CO)CO)s1. The van der Waals surface area contributed by atoms with Crippen LogP contribution in [0, 0.1) is 0 Å². The number of rotatable bonds is 5. The Balaban J connectivity index is 2.81. The number of nitrogen functional groups attached to an aromatic ring is 1. The lowest BCUT2D eigenvalue weighted by atomic mass is 10.3. The molecule has 0 radical (unpaired) electrons. The summed E-state index contributed by atoms with van der Waals surface area (Å²) >= 11 is 1.15. The molecule has 1 rings (SSSR count). The second kappa shape index (κ2) is 5.80. The predicted molar refractivity (Wildman–Crippen MR) is 66.3 cm³/mol. The second-order valence-electron chi connectivity index (χ2n) is 3.64. The summed E-state index contributed by atoms with van der Waals surface area (Å²) < 4.78 is 0. The van der Waals surface area contributed by atoms with Crippen molar-refractivity contribution in [1.82, 2.24) is 10.3 Å². The van der Waals surface area contributed by atoms with Crippen LogP contribution < -0.4 is 16.0 Å². The number of thiazole rings is 1. The third-order valence-electron chi connectivity index (χ3n) is 2.01. The van der Waals surface area contributed by atoms with Crippen LogP contribution in [0.5, 0.6) is 0 Å². The van der Waals surface area contributed by atoms with Gasteiger partial charge in [-0.3, -0.25) is 4.79 Å². The molecule has 1 aromatic heterocycles. The van der Waals surface area contributed by atoms with Gasteiger partial charge in [0.2, 0.25) is 0 Å². The maximum atomic E-state index is 11.8. The molecule has 0 aliphatic heterocycles. The van der Waals surface area contributed by atoms with Gasteiger partial charge < -0.3 is 26.2 Å². The molecule has 0 aliphatic carbocycles. The lowest BCUT2D eigenvalue weighted by Gasteiger charge is -2.12. The molecule has 0 unspecified atom stereocenters. The van der Waals surface area contributed by atoms with Gasteiger partial charge >= 0.3 is 0 Å². The molecule has 0 aromatic carbocycles. The van der Waals surface area contributed by atoms with Gasteiger partial charge in [-0.2, -0.15) is 0 Å². The minimum atomic E-state index is -0.688. The second-order valence-corrected chi connectivity index (χ2v) is 4.62. The highest BCUT2D eigenvalue weighted by molar-refractivity contribution is 7.18. The van der Waals surface area contributed by atoms with Gasteiger partial charge in [0.15, 0.2) is 5.13 Å². The Morgan fingerprint density at radius 1 is 1.53 bits per heavy atom. The standard InChI is InChI=1S/C9H16N4O3S/c1-13(2)9-12-7(10)6(17-9)8(16)11-5(3-14)4-15/h5,14-15H,3-4,10H2,1-2H3,(H,11,16). The molecule has 17 heavy (non-hydrogen) atoms. The highest BCUT2D eigenvalue weighted by atomic mass is 32.1. The monoisotopic (exact) mass is 260 g/mol. The predicted octanol–water partition coefficient (Wildman–Crippen LogP) is -1.13. The minimum Gasteiger partial charge on any atom is -0.394 e. The summed E-state index contributed by atoms with van der Waals surface area (Å²) in [5.41, 5.74) is 5.63. The number of nitrogens with two attached hydrogens (primary N) is 1. The van der Waals surface area contributed by atoms with Crippen molar-refractivity contribution in [2.75, 3.05) is 37.9 Å². The fourth-order valence-electron chi connectivity index (χ4n) is 1.07. The highest BCUT2D eigenvalue weighted by Crippen LogP contribution is 2.26. The maximum Gasteiger partial charge on any atom is 0.265 e. The van der Waals surface area contributed by atoms with Crippen LogP contribution in [0.3, 0.4) is 0 Å². The van der Waals surface area contributed by atoms with E-state index in [1.165, 1.54) is 0 Å². The molecule has 1 aromatic rings. The van der Waals surface area contributed by atoms with Gasteiger partial charge in [-0.05, 0) is 0 Å². The average Bonchev–Trinajstić information content (AvgIpc) is 2.68. The van der Waals surface area contributed by atoms with E-state index in [-0.39, 0.29) is 23.9 Å². The number of hydrogen-bond acceptors (Lipinski definition) is 7. The van der Waals surface area contributed by atoms with E-state index in [1.54, 1.807) is 19.0 Å². The van der Waals surface area contributed by atoms with Crippen LogP contribution in [0.4, 0.5) is 10.9 Å². The number of carbonyl (C=O) groups excluding carboxylic acids is 1. The average molecular weight is 260 g/mol. The van der Waals surface area contributed by atoms with Crippen LogP contribution in [0.2, 0.25) is 0 Å². The molecule has 0 aliphatic rings. The third-order valence-corrected chi connectivity index (χ3v) is 3.24. The molecule has 5 N–H and O–H groups in total. The molecule has 8 heteroatoms. The lowest BCUT2D eigenvalue weighted by molar-refractivity contribution is 0.0884. The van der Waals surface area contributed by atoms with E-state index >= 15 is 0 Å². The Morgan fingerprint density at radius 3 is 2.53 bits per heavy atom. The number of nitrogens with zero attached hydrogens (tertiary/aromatic N) is 2. The van der Waals surface area contributed by atoms with Gasteiger partial charge in [-0.1, -0.05) is 11.3 Å². The summed E-state index contributed by atoms with van der Waals surface area (Å²) in [4.78, 5) is 17.8. The lowest BCUT2D eigenvalue weighted by Crippen LogP contribution is -2.40. The van der Waals surface area contributed by atoms with E-state index in [0.29, 0.717) is 5.13 Å². The van der Waals surface area contributed by atoms with E-state index in [2.05, 4.69) is 10.3 Å². The molecule has 7 nitrogen and oxygen atoms in total. The van der Waals surface area contributed by atoms with Gasteiger partial charge in [-0.15, -0.1) is 0 Å². The molecule has 0 atom stereocenters. The van der Waals surface area contributed by atoms with Gasteiger partial charge in [0, 0.05) is 14.1 Å². The summed E-state index contributed by atoms with van der Waals surface area (Å²) in [6, 6.07) is -0.688. The molecule has 1 heterocycles. The van der Waals surface area contributed by atoms with E-state index in [9.17, 15) is 4.79 Å². The number of anilines is 2. The maximum absolute atomic E-state index is 11.8. The van der Waals surface area contributed by atoms with Crippen LogP contribution >= 0.6 is 11.3 Å². The van der Waals surface area contributed by atoms with Crippen molar-refractivity contribution >= 4 is 28.2 Å². The number of aliphatic hydroxyl groups excluding tert-OH is 2. The largest absolute Gasteiger partial charge is 0.394 e. The fourth-order valence-corrected chi connectivity index (χ4v) is 1.89. The number of nitrogens with one attached hydrogen (secondary N) is 1. The molecular formula is C9H16N4O3S. The molecular weight excluding hydrogens is 244 g/mol. The van der Waals surface area contributed by atoms with E-state index < -0.39 is 11.9 Å². The third kappa shape index (κ3) is 3.29. The summed E-state index contributed by atoms with van der Waals surface area (Å²) in [6.07, 6.45) is 0. The van der Waals surface area contributed by atoms with Crippen molar-refractivity contribution in [3.8, 4) is 0 Å². The summed E-state index contributed by atoms with van der Waals surface area (Å²) in [6.45, 7) is -0.664. The van der Waals surface area contributed by atoms with Crippen LogP contribution in [-0.2, 0) is 0 Å². The van der Waals surface area contributed by atoms with Crippen LogP contribution in [0.25, 0.3) is 0 Å². The van der Waals surface area contributed by atoms with Crippen molar-refractivity contribution in [3.63, 3.8) is 0 Å². The Hall–Kier alpha value is -1.38. The van der Waals surface area contributed by atoms with Crippen LogP contribution in [-0.4, -0.2) is 54.5 Å². The molecule has 0 saturated carbocycles. The zero-order valence-corrected chi connectivity index (χ0v) is 10.5. The zero-order chi connectivity index (χ0) is 13.0. The van der Waals surface area contributed by atoms with Crippen molar-refractivity contribution in [1.29, 1.82) is 0 Å². The van der Waals surface area contributed by atoms with Crippen LogP contribution in [0.15, 0.2) is 0 Å². The quantitative estimate of drug-likeness (QED) is 0.533. The van der Waals surface area contributed by atoms with E-state index in [4.69, 9.17) is 15.9 Å². The first-order chi connectivity index (χ1) is 7.99. The molecule has 0 fully saturated rings. The van der Waals surface area contributed by atoms with Crippen molar-refractivity contribution < 1.29 is 15.0 Å². The molecule has 0 bridgehead atoms. The first-order valence-corrected chi connectivity index (χ1v) is 5.77. The van der Waals surface area contributed by atoms with Crippen LogP contribution in [0.1, 0.15) is 9.67 Å². The molecule has 96 valence electrons. The number of amides is 1. The van der Waals surface area contributed by atoms with Crippen molar-refractivity contribution in [3.05, 3.63) is 4.88 Å². The summed E-state index contributed by atoms with van der Waals surface area (Å²) in [7, 11) is 3.59. The Bertz CT molecular complexity index is 390. The van der Waals surface area contributed by atoms with E-state index in [1.807, 2.05) is 0 Å². The van der Waals surface area contributed by atoms with Gasteiger partial charge in [0.25, 0.3) is 5.91 Å². The Labute approximate surface area is 103 Å². The molecule has 1 amide bonds. The van der Waals surface area contributed by atoms with E-state index in [0.717, 1.165) is 11.3 Å². The summed E-state index contributed by atoms with van der Waals surface area (Å²) in [5.74, 6) is -0.299. The smallest absolute Gasteiger partial charge is 0.265 e. The zero-order valence-electron chi connectivity index (χ0n) is 9.67.